The molecule has 2 unspecified atom stereocenters. The number of hydrogen-bond acceptors (Lipinski definition) is 5. The smallest absolute Gasteiger partial charge is 0.323 e. The highest BCUT2D eigenvalue weighted by atomic mass is 19.1. The molecule has 2 saturated heterocycles. The molecule has 2 aliphatic heterocycles. The number of benzene rings is 1. The Morgan fingerprint density at radius 2 is 1.97 bits per heavy atom. The van der Waals surface area contributed by atoms with E-state index in [0.717, 1.165) is 31.4 Å². The van der Waals surface area contributed by atoms with Crippen molar-refractivity contribution in [1.82, 2.24) is 19.5 Å². The van der Waals surface area contributed by atoms with E-state index < -0.39 is 11.6 Å². The number of halogens is 2. The van der Waals surface area contributed by atoms with Crippen LogP contribution in [0.3, 0.4) is 0 Å². The average Bonchev–Trinajstić information content (AvgIpc) is 3.42. The zero-order chi connectivity index (χ0) is 22.2. The summed E-state index contributed by atoms with van der Waals surface area (Å²) >= 11 is 0. The van der Waals surface area contributed by atoms with E-state index in [1.807, 2.05) is 11.0 Å². The molecule has 0 aliphatic carbocycles. The van der Waals surface area contributed by atoms with Gasteiger partial charge in [0, 0.05) is 31.2 Å². The van der Waals surface area contributed by atoms with Crippen molar-refractivity contribution in [2.45, 2.75) is 37.8 Å². The number of rotatable bonds is 3. The van der Waals surface area contributed by atoms with Crippen LogP contribution in [-0.2, 0) is 0 Å². The summed E-state index contributed by atoms with van der Waals surface area (Å²) in [5.74, 6) is 0.157. The molecular weight excluding hydrogens is 416 g/mol. The topological polar surface area (TPSA) is 91.8 Å². The highest BCUT2D eigenvalue weighted by Gasteiger charge is 2.30. The highest BCUT2D eigenvalue weighted by Crippen LogP contribution is 2.36. The number of hydrogen-bond donors (Lipinski definition) is 2. The van der Waals surface area contributed by atoms with E-state index >= 15 is 0 Å². The molecule has 32 heavy (non-hydrogen) atoms. The predicted molar refractivity (Wildman–Crippen MR) is 116 cm³/mol. The average molecular weight is 441 g/mol. The maximum Gasteiger partial charge on any atom is 0.323 e. The molecule has 168 valence electrons. The van der Waals surface area contributed by atoms with Crippen LogP contribution in [0.15, 0.2) is 36.5 Å². The Morgan fingerprint density at radius 1 is 1.12 bits per heavy atom. The lowest BCUT2D eigenvalue weighted by Gasteiger charge is -2.30. The zero-order valence-corrected chi connectivity index (χ0v) is 17.5. The number of imidazole rings is 1. The Balaban J connectivity index is 1.42. The number of carbonyl (C=O) groups is 1. The van der Waals surface area contributed by atoms with Gasteiger partial charge in [0.25, 0.3) is 0 Å². The van der Waals surface area contributed by atoms with Crippen molar-refractivity contribution in [3.63, 3.8) is 0 Å². The van der Waals surface area contributed by atoms with E-state index in [1.165, 1.54) is 6.07 Å². The van der Waals surface area contributed by atoms with Gasteiger partial charge in [-0.05, 0) is 56.0 Å². The second-order valence-corrected chi connectivity index (χ2v) is 8.40. The summed E-state index contributed by atoms with van der Waals surface area (Å²) in [6, 6.07) is 6.58. The molecule has 2 amide bonds. The van der Waals surface area contributed by atoms with Gasteiger partial charge < -0.3 is 15.5 Å². The van der Waals surface area contributed by atoms with E-state index in [0.29, 0.717) is 48.9 Å². The molecule has 4 heterocycles. The van der Waals surface area contributed by atoms with Crippen LogP contribution >= 0.6 is 0 Å². The number of urea groups is 1. The molecule has 10 heteroatoms. The third-order valence-electron chi connectivity index (χ3n) is 6.19. The van der Waals surface area contributed by atoms with Crippen LogP contribution in [0.1, 0.15) is 37.3 Å². The number of nitrogens with two attached hydrogens (primary N) is 1. The van der Waals surface area contributed by atoms with Gasteiger partial charge in [0.1, 0.15) is 17.5 Å². The van der Waals surface area contributed by atoms with Crippen LogP contribution in [0.5, 0.6) is 0 Å². The molecule has 0 radical (unpaired) electrons. The van der Waals surface area contributed by atoms with Crippen LogP contribution in [0, 0.1) is 11.6 Å². The first kappa shape index (κ1) is 20.6. The summed E-state index contributed by atoms with van der Waals surface area (Å²) in [7, 11) is 0. The standard InChI is InChI=1S/C22H25F2N7O/c23-14-5-6-17(24)16(11-14)18-4-2-10-30(18)20-8-7-19-26-12-21(31(19)28-20)27-22(32)29-9-1-3-15(25)13-29/h5-8,11-12,15,18H,1-4,9-10,13,25H2,(H,27,32). The van der Waals surface area contributed by atoms with Crippen LogP contribution < -0.4 is 16.0 Å². The molecule has 2 aromatic heterocycles. The van der Waals surface area contributed by atoms with E-state index in [4.69, 9.17) is 5.73 Å². The van der Waals surface area contributed by atoms with Crippen LogP contribution in [0.2, 0.25) is 0 Å². The SMILES string of the molecule is NC1CCCN(C(=O)Nc2cnc3ccc(N4CCCC4c4cc(F)ccc4F)nn23)C1. The molecule has 2 atom stereocenters. The number of likely N-dealkylation sites (tertiary alicyclic amines) is 1. The summed E-state index contributed by atoms with van der Waals surface area (Å²) in [5.41, 5.74) is 6.89. The fraction of sp³-hybridized carbons (Fsp3) is 0.409. The van der Waals surface area contributed by atoms with Crippen molar-refractivity contribution in [2.75, 3.05) is 29.9 Å². The van der Waals surface area contributed by atoms with Gasteiger partial charge in [0.15, 0.2) is 11.5 Å². The number of fused-ring (bicyclic) bond motifs is 1. The lowest BCUT2D eigenvalue weighted by molar-refractivity contribution is 0.193. The minimum absolute atomic E-state index is 0.0169. The number of amides is 2. The van der Waals surface area contributed by atoms with Crippen molar-refractivity contribution in [3.8, 4) is 0 Å². The summed E-state index contributed by atoms with van der Waals surface area (Å²) in [6.07, 6.45) is 4.87. The van der Waals surface area contributed by atoms with Crippen molar-refractivity contribution < 1.29 is 13.6 Å². The molecule has 0 spiro atoms. The van der Waals surface area contributed by atoms with Gasteiger partial charge in [-0.3, -0.25) is 5.32 Å². The van der Waals surface area contributed by atoms with Crippen molar-refractivity contribution >= 4 is 23.3 Å². The third kappa shape index (κ3) is 3.86. The molecule has 8 nitrogen and oxygen atoms in total. The maximum atomic E-state index is 14.4. The molecule has 3 N–H and O–H groups in total. The van der Waals surface area contributed by atoms with E-state index in [2.05, 4.69) is 15.4 Å². The Hall–Kier alpha value is -3.27. The fourth-order valence-corrected chi connectivity index (χ4v) is 4.62. The van der Waals surface area contributed by atoms with Gasteiger partial charge in [-0.15, -0.1) is 5.10 Å². The second-order valence-electron chi connectivity index (χ2n) is 8.40. The highest BCUT2D eigenvalue weighted by molar-refractivity contribution is 5.88. The predicted octanol–water partition coefficient (Wildman–Crippen LogP) is 3.30. The summed E-state index contributed by atoms with van der Waals surface area (Å²) in [6.45, 7) is 1.83. The molecule has 0 bridgehead atoms. The summed E-state index contributed by atoms with van der Waals surface area (Å²) < 4.78 is 29.8. The Kier molecular flexibility index (Phi) is 5.38. The minimum Gasteiger partial charge on any atom is -0.348 e. The third-order valence-corrected chi connectivity index (χ3v) is 6.19. The summed E-state index contributed by atoms with van der Waals surface area (Å²) in [4.78, 5) is 20.7. The Morgan fingerprint density at radius 3 is 2.81 bits per heavy atom. The number of aromatic nitrogens is 3. The van der Waals surface area contributed by atoms with E-state index in [9.17, 15) is 13.6 Å². The van der Waals surface area contributed by atoms with Crippen molar-refractivity contribution in [1.29, 1.82) is 0 Å². The van der Waals surface area contributed by atoms with Crippen LogP contribution in [0.25, 0.3) is 5.65 Å². The van der Waals surface area contributed by atoms with Gasteiger partial charge in [-0.2, -0.15) is 4.52 Å². The first-order valence-electron chi connectivity index (χ1n) is 10.9. The molecular formula is C22H25F2N7O. The second kappa shape index (κ2) is 8.34. The van der Waals surface area contributed by atoms with Crippen LogP contribution in [0.4, 0.5) is 25.2 Å². The number of carbonyl (C=O) groups excluding carboxylic acids is 1. The molecule has 2 aliphatic rings. The lowest BCUT2D eigenvalue weighted by atomic mass is 10.0. The first-order chi connectivity index (χ1) is 15.5. The Bertz CT molecular complexity index is 1150. The van der Waals surface area contributed by atoms with Gasteiger partial charge in [0.05, 0.1) is 12.2 Å². The monoisotopic (exact) mass is 441 g/mol. The minimum atomic E-state index is -0.464. The zero-order valence-electron chi connectivity index (χ0n) is 17.5. The molecule has 0 saturated carbocycles. The quantitative estimate of drug-likeness (QED) is 0.651. The molecule has 5 rings (SSSR count). The number of piperidine rings is 1. The molecule has 1 aromatic carbocycles. The largest absolute Gasteiger partial charge is 0.348 e. The van der Waals surface area contributed by atoms with Gasteiger partial charge in [-0.25, -0.2) is 18.6 Å². The van der Waals surface area contributed by atoms with Crippen LogP contribution in [-0.4, -0.2) is 51.2 Å². The maximum absolute atomic E-state index is 14.4. The Labute approximate surface area is 184 Å². The number of nitrogens with one attached hydrogen (secondary N) is 1. The van der Waals surface area contributed by atoms with Crippen molar-refractivity contribution in [3.05, 3.63) is 53.7 Å². The van der Waals surface area contributed by atoms with Gasteiger partial charge in [-0.1, -0.05) is 0 Å². The van der Waals surface area contributed by atoms with E-state index in [1.54, 1.807) is 21.7 Å². The van der Waals surface area contributed by atoms with E-state index in [-0.39, 0.29) is 18.1 Å². The number of nitrogens with zero attached hydrogens (tertiary/aromatic N) is 5. The first-order valence-corrected chi connectivity index (χ1v) is 10.9. The van der Waals surface area contributed by atoms with Gasteiger partial charge in [0.2, 0.25) is 0 Å². The van der Waals surface area contributed by atoms with Gasteiger partial charge >= 0.3 is 6.03 Å². The fourth-order valence-electron chi connectivity index (χ4n) is 4.62. The lowest BCUT2D eigenvalue weighted by Crippen LogP contribution is -2.47. The number of anilines is 2. The van der Waals surface area contributed by atoms with Crippen molar-refractivity contribution in [2.24, 2.45) is 5.73 Å². The normalized spacial score (nSPS) is 21.3. The summed E-state index contributed by atoms with van der Waals surface area (Å²) in [5, 5.41) is 7.54. The molecule has 2 fully saturated rings. The molecule has 3 aromatic rings.